The molecule has 0 unspecified atom stereocenters. The van der Waals surface area contributed by atoms with Gasteiger partial charge in [0.05, 0.1) is 21.9 Å². The second-order valence-corrected chi connectivity index (χ2v) is 3.61. The Kier molecular flexibility index (Phi) is 4.11. The van der Waals surface area contributed by atoms with Crippen LogP contribution >= 0.6 is 11.6 Å². The third kappa shape index (κ3) is 3.00. The van der Waals surface area contributed by atoms with Crippen molar-refractivity contribution < 1.29 is 22.9 Å². The Bertz CT molecular complexity index is 593. The van der Waals surface area contributed by atoms with E-state index in [9.17, 15) is 28.1 Å². The van der Waals surface area contributed by atoms with Crippen LogP contribution in [0.5, 0.6) is 0 Å². The Hall–Kier alpha value is -2.14. The Morgan fingerprint density at radius 3 is 2.42 bits per heavy atom. The number of rotatable bonds is 3. The predicted molar refractivity (Wildman–Crippen MR) is 57.9 cm³/mol. The molecule has 0 aliphatic heterocycles. The average molecular weight is 293 g/mol. The van der Waals surface area contributed by atoms with E-state index in [2.05, 4.69) is 0 Å². The first kappa shape index (κ1) is 14.9. The predicted octanol–water partition coefficient (Wildman–Crippen LogP) is 2.91. The summed E-state index contributed by atoms with van der Waals surface area (Å²) in [6.07, 6.45) is -4.83. The third-order valence-electron chi connectivity index (χ3n) is 2.16. The standard InChI is InChI=1S/C10H4ClF3N2O3/c11-3-8(17)7-2-6(10(12,13)14)1-5(4-15)9(7)16(18)19/h1-2H,3H2. The van der Waals surface area contributed by atoms with Crippen LogP contribution in [0.25, 0.3) is 0 Å². The molecule has 19 heavy (non-hydrogen) atoms. The van der Waals surface area contributed by atoms with Crippen LogP contribution in [0.1, 0.15) is 21.5 Å². The normalized spacial score (nSPS) is 10.9. The van der Waals surface area contributed by atoms with Gasteiger partial charge < -0.3 is 0 Å². The molecule has 0 amide bonds. The molecule has 0 bridgehead atoms. The van der Waals surface area contributed by atoms with E-state index in [1.807, 2.05) is 0 Å². The lowest BCUT2D eigenvalue weighted by Gasteiger charge is -2.09. The summed E-state index contributed by atoms with van der Waals surface area (Å²) in [5.74, 6) is -1.79. The van der Waals surface area contributed by atoms with Crippen molar-refractivity contribution in [3.05, 3.63) is 38.9 Å². The molecular weight excluding hydrogens is 289 g/mol. The summed E-state index contributed by atoms with van der Waals surface area (Å²) in [6.45, 7) is 0. The topological polar surface area (TPSA) is 84.0 Å². The first-order chi connectivity index (χ1) is 8.72. The van der Waals surface area contributed by atoms with Gasteiger partial charge in [-0.3, -0.25) is 14.9 Å². The van der Waals surface area contributed by atoms with Crippen LogP contribution in [0, 0.1) is 21.4 Å². The highest BCUT2D eigenvalue weighted by atomic mass is 35.5. The zero-order valence-electron chi connectivity index (χ0n) is 8.99. The molecule has 5 nitrogen and oxygen atoms in total. The number of nitro groups is 1. The van der Waals surface area contributed by atoms with Crippen molar-refractivity contribution in [2.24, 2.45) is 0 Å². The molecule has 0 spiro atoms. The van der Waals surface area contributed by atoms with Crippen LogP contribution in [0.4, 0.5) is 18.9 Å². The molecule has 1 aromatic carbocycles. The molecule has 9 heteroatoms. The number of nitrogens with zero attached hydrogens (tertiary/aromatic N) is 2. The number of nitriles is 1. The average Bonchev–Trinajstić information content (AvgIpc) is 2.34. The molecule has 0 aromatic heterocycles. The van der Waals surface area contributed by atoms with Gasteiger partial charge in [0.15, 0.2) is 5.78 Å². The lowest BCUT2D eigenvalue weighted by Crippen LogP contribution is -2.12. The number of carbonyl (C=O) groups is 1. The van der Waals surface area contributed by atoms with Gasteiger partial charge in [0.1, 0.15) is 11.6 Å². The Morgan fingerprint density at radius 1 is 1.47 bits per heavy atom. The van der Waals surface area contributed by atoms with Gasteiger partial charge >= 0.3 is 6.18 Å². The fourth-order valence-corrected chi connectivity index (χ4v) is 1.51. The highest BCUT2D eigenvalue weighted by Gasteiger charge is 2.35. The van der Waals surface area contributed by atoms with Gasteiger partial charge in [-0.15, -0.1) is 11.6 Å². The largest absolute Gasteiger partial charge is 0.416 e. The highest BCUT2D eigenvalue weighted by Crippen LogP contribution is 2.35. The summed E-state index contributed by atoms with van der Waals surface area (Å²) in [5, 5.41) is 19.4. The van der Waals surface area contributed by atoms with Gasteiger partial charge in [0, 0.05) is 0 Å². The summed E-state index contributed by atoms with van der Waals surface area (Å²) in [4.78, 5) is 21.0. The summed E-state index contributed by atoms with van der Waals surface area (Å²) in [6, 6.07) is 1.92. The van der Waals surface area contributed by atoms with Crippen LogP contribution in [0.3, 0.4) is 0 Å². The van der Waals surface area contributed by atoms with E-state index >= 15 is 0 Å². The van der Waals surface area contributed by atoms with Gasteiger partial charge in [-0.1, -0.05) is 0 Å². The first-order valence-electron chi connectivity index (χ1n) is 4.61. The number of benzene rings is 1. The molecule has 0 heterocycles. The lowest BCUT2D eigenvalue weighted by atomic mass is 10.0. The zero-order chi connectivity index (χ0) is 14.8. The lowest BCUT2D eigenvalue weighted by molar-refractivity contribution is -0.385. The van der Waals surface area contributed by atoms with E-state index in [1.165, 1.54) is 6.07 Å². The fraction of sp³-hybridized carbons (Fsp3) is 0.200. The summed E-state index contributed by atoms with van der Waals surface area (Å²) >= 11 is 5.19. The molecule has 0 N–H and O–H groups in total. The molecule has 0 fully saturated rings. The molecule has 100 valence electrons. The Morgan fingerprint density at radius 2 is 2.05 bits per heavy atom. The maximum Gasteiger partial charge on any atom is 0.416 e. The second kappa shape index (κ2) is 5.24. The minimum absolute atomic E-state index is 0.323. The molecule has 1 rings (SSSR count). The van der Waals surface area contributed by atoms with Crippen LogP contribution in [0.2, 0.25) is 0 Å². The van der Waals surface area contributed by atoms with Gasteiger partial charge in [-0.05, 0) is 12.1 Å². The maximum absolute atomic E-state index is 12.6. The molecule has 0 atom stereocenters. The second-order valence-electron chi connectivity index (χ2n) is 3.34. The zero-order valence-corrected chi connectivity index (χ0v) is 9.75. The third-order valence-corrected chi connectivity index (χ3v) is 2.40. The monoisotopic (exact) mass is 292 g/mol. The van der Waals surface area contributed by atoms with Crippen LogP contribution < -0.4 is 0 Å². The molecule has 0 saturated heterocycles. The van der Waals surface area contributed by atoms with Gasteiger partial charge in [-0.25, -0.2) is 0 Å². The van der Waals surface area contributed by atoms with E-state index in [0.717, 1.165) is 0 Å². The van der Waals surface area contributed by atoms with Gasteiger partial charge in [0.25, 0.3) is 5.69 Å². The summed E-state index contributed by atoms with van der Waals surface area (Å²) in [5.41, 5.74) is -3.95. The number of halogens is 4. The van der Waals surface area contributed by atoms with E-state index in [1.54, 1.807) is 0 Å². The van der Waals surface area contributed by atoms with Crippen molar-refractivity contribution in [1.29, 1.82) is 5.26 Å². The number of ketones is 1. The number of nitro benzene ring substituents is 1. The first-order valence-corrected chi connectivity index (χ1v) is 5.14. The smallest absolute Gasteiger partial charge is 0.293 e. The number of carbonyl (C=O) groups excluding carboxylic acids is 1. The number of alkyl halides is 4. The van der Waals surface area contributed by atoms with Crippen molar-refractivity contribution in [3.8, 4) is 6.07 Å². The van der Waals surface area contributed by atoms with Crippen LogP contribution in [-0.4, -0.2) is 16.6 Å². The molecular formula is C10H4ClF3N2O3. The van der Waals surface area contributed by atoms with Gasteiger partial charge in [0.2, 0.25) is 0 Å². The van der Waals surface area contributed by atoms with E-state index in [4.69, 9.17) is 16.9 Å². The maximum atomic E-state index is 12.6. The van der Waals surface area contributed by atoms with E-state index < -0.39 is 45.1 Å². The van der Waals surface area contributed by atoms with E-state index in [-0.39, 0.29) is 0 Å². The molecule has 0 aliphatic carbocycles. The SMILES string of the molecule is N#Cc1cc(C(F)(F)F)cc(C(=O)CCl)c1[N+](=O)[O-]. The number of hydrogen-bond donors (Lipinski definition) is 0. The van der Waals surface area contributed by atoms with Crippen molar-refractivity contribution >= 4 is 23.1 Å². The molecule has 0 saturated carbocycles. The highest BCUT2D eigenvalue weighted by molar-refractivity contribution is 6.31. The minimum atomic E-state index is -4.83. The fourth-order valence-electron chi connectivity index (χ4n) is 1.36. The molecule has 1 aromatic rings. The minimum Gasteiger partial charge on any atom is -0.293 e. The van der Waals surface area contributed by atoms with Crippen molar-refractivity contribution in [2.75, 3.05) is 5.88 Å². The van der Waals surface area contributed by atoms with Crippen LogP contribution in [0.15, 0.2) is 12.1 Å². The van der Waals surface area contributed by atoms with Crippen molar-refractivity contribution in [2.45, 2.75) is 6.18 Å². The number of Topliss-reactive ketones (excluding diaryl/α,β-unsaturated/α-hetero) is 1. The quantitative estimate of drug-likeness (QED) is 0.371. The Labute approximate surface area is 109 Å². The summed E-state index contributed by atoms with van der Waals surface area (Å²) in [7, 11) is 0. The van der Waals surface area contributed by atoms with Crippen LogP contribution in [-0.2, 0) is 6.18 Å². The van der Waals surface area contributed by atoms with Crippen molar-refractivity contribution in [3.63, 3.8) is 0 Å². The molecule has 0 aliphatic rings. The van der Waals surface area contributed by atoms with Crippen molar-refractivity contribution in [1.82, 2.24) is 0 Å². The van der Waals surface area contributed by atoms with E-state index in [0.29, 0.717) is 12.1 Å². The Balaban J connectivity index is 3.71. The number of hydrogen-bond acceptors (Lipinski definition) is 4. The summed E-state index contributed by atoms with van der Waals surface area (Å²) < 4.78 is 37.7. The molecule has 0 radical (unpaired) electrons. The van der Waals surface area contributed by atoms with Gasteiger partial charge in [-0.2, -0.15) is 18.4 Å².